The molecule has 0 saturated heterocycles. The van der Waals surface area contributed by atoms with Crippen molar-refractivity contribution in [2.45, 2.75) is 77.6 Å². The lowest BCUT2D eigenvalue weighted by Gasteiger charge is -2.10. The Labute approximate surface area is 199 Å². The zero-order chi connectivity index (χ0) is 23.0. The Morgan fingerprint density at radius 2 is 1.33 bits per heavy atom. The molecule has 4 nitrogen and oxygen atoms in total. The summed E-state index contributed by atoms with van der Waals surface area (Å²) in [5.74, 6) is 0.601. The van der Waals surface area contributed by atoms with Gasteiger partial charge in [-0.05, 0) is 54.8 Å². The molecular formula is C29H38N4. The Bertz CT molecular complexity index is 935. The second-order valence-corrected chi connectivity index (χ2v) is 8.66. The van der Waals surface area contributed by atoms with Gasteiger partial charge in [0.05, 0.1) is 5.69 Å². The highest BCUT2D eigenvalue weighted by molar-refractivity contribution is 5.71. The van der Waals surface area contributed by atoms with Gasteiger partial charge in [0, 0.05) is 11.9 Å². The van der Waals surface area contributed by atoms with Gasteiger partial charge in [0.2, 0.25) is 0 Å². The summed E-state index contributed by atoms with van der Waals surface area (Å²) in [6, 6.07) is 22.3. The first-order valence-corrected chi connectivity index (χ1v) is 12.6. The lowest BCUT2D eigenvalue weighted by Crippen LogP contribution is -1.92. The molecule has 0 atom stereocenters. The van der Waals surface area contributed by atoms with Gasteiger partial charge in [0.15, 0.2) is 5.82 Å². The summed E-state index contributed by atoms with van der Waals surface area (Å²) in [7, 11) is 0. The number of nitrogens with zero attached hydrogens (tertiary/aromatic N) is 3. The summed E-state index contributed by atoms with van der Waals surface area (Å²) in [4.78, 5) is 4.19. The molecule has 2 aromatic carbocycles. The summed E-state index contributed by atoms with van der Waals surface area (Å²) in [6.07, 6.45) is 16.7. The highest BCUT2D eigenvalue weighted by Gasteiger charge is 2.02. The molecule has 0 bridgehead atoms. The maximum atomic E-state index is 4.38. The number of hydrogen-bond donors (Lipinski definition) is 1. The van der Waals surface area contributed by atoms with Crippen LogP contribution in [-0.2, 0) is 6.42 Å². The molecule has 0 amide bonds. The van der Waals surface area contributed by atoms with E-state index in [1.54, 1.807) is 6.20 Å². The Balaban J connectivity index is 1.40. The predicted octanol–water partition coefficient (Wildman–Crippen LogP) is 9.70. The van der Waals surface area contributed by atoms with Crippen LogP contribution in [0, 0.1) is 0 Å². The Morgan fingerprint density at radius 1 is 0.667 bits per heavy atom. The summed E-state index contributed by atoms with van der Waals surface area (Å²) < 4.78 is 0. The highest BCUT2D eigenvalue weighted by atomic mass is 15.2. The molecule has 0 fully saturated rings. The van der Waals surface area contributed by atoms with Crippen molar-refractivity contribution in [3.8, 4) is 0 Å². The number of aryl methyl sites for hydroxylation is 1. The Hall–Kier alpha value is -3.01. The van der Waals surface area contributed by atoms with Gasteiger partial charge in [-0.2, -0.15) is 0 Å². The summed E-state index contributed by atoms with van der Waals surface area (Å²) >= 11 is 0. The third kappa shape index (κ3) is 9.56. The molecule has 1 aromatic heterocycles. The smallest absolute Gasteiger partial charge is 0.174 e. The van der Waals surface area contributed by atoms with Crippen molar-refractivity contribution < 1.29 is 0 Å². The van der Waals surface area contributed by atoms with E-state index in [4.69, 9.17) is 0 Å². The van der Waals surface area contributed by atoms with Gasteiger partial charge in [-0.15, -0.1) is 10.2 Å². The molecule has 4 heteroatoms. The first kappa shape index (κ1) is 24.6. The van der Waals surface area contributed by atoms with Gasteiger partial charge in [0.1, 0.15) is 5.69 Å². The number of rotatable bonds is 15. The SMILES string of the molecule is CCCCCCCCCCCCc1ccc(Nc2ccccc2N=Nc2ccccn2)cc1. The van der Waals surface area contributed by atoms with E-state index in [2.05, 4.69) is 51.7 Å². The average molecular weight is 443 g/mol. The number of unbranched alkanes of at least 4 members (excludes halogenated alkanes) is 9. The lowest BCUT2D eigenvalue weighted by molar-refractivity contribution is 0.556. The molecule has 174 valence electrons. The van der Waals surface area contributed by atoms with Gasteiger partial charge in [-0.25, -0.2) is 4.98 Å². The number of hydrogen-bond acceptors (Lipinski definition) is 4. The number of azo groups is 1. The number of nitrogens with one attached hydrogen (secondary N) is 1. The minimum absolute atomic E-state index is 0.601. The van der Waals surface area contributed by atoms with Gasteiger partial charge in [0.25, 0.3) is 0 Å². The standard InChI is InChI=1S/C29H38N4/c1-2-3-4-5-6-7-8-9-10-11-16-25-20-22-26(23-21-25)31-27-17-12-13-18-28(27)32-33-29-19-14-15-24-30-29/h12-15,17-24,31H,2-11,16H2,1H3. The van der Waals surface area contributed by atoms with Crippen LogP contribution < -0.4 is 5.32 Å². The molecule has 3 aromatic rings. The van der Waals surface area contributed by atoms with E-state index < -0.39 is 0 Å². The number of anilines is 2. The molecule has 1 heterocycles. The molecular weight excluding hydrogens is 404 g/mol. The van der Waals surface area contributed by atoms with Crippen LogP contribution in [0.15, 0.2) is 83.2 Å². The van der Waals surface area contributed by atoms with Gasteiger partial charge < -0.3 is 5.32 Å². The van der Waals surface area contributed by atoms with Crippen LogP contribution >= 0.6 is 0 Å². The number of para-hydroxylation sites is 1. The van der Waals surface area contributed by atoms with Crippen LogP contribution in [0.1, 0.15) is 76.7 Å². The zero-order valence-electron chi connectivity index (χ0n) is 20.0. The second-order valence-electron chi connectivity index (χ2n) is 8.66. The molecule has 3 rings (SSSR count). The molecule has 0 aliphatic carbocycles. The van der Waals surface area contributed by atoms with E-state index in [9.17, 15) is 0 Å². The van der Waals surface area contributed by atoms with E-state index in [-0.39, 0.29) is 0 Å². The van der Waals surface area contributed by atoms with E-state index >= 15 is 0 Å². The third-order valence-electron chi connectivity index (χ3n) is 5.87. The molecule has 0 spiro atoms. The van der Waals surface area contributed by atoms with Crippen LogP contribution in [0.3, 0.4) is 0 Å². The normalized spacial score (nSPS) is 11.2. The van der Waals surface area contributed by atoms with Crippen molar-refractivity contribution in [3.63, 3.8) is 0 Å². The first-order chi connectivity index (χ1) is 16.3. The number of aromatic nitrogens is 1. The van der Waals surface area contributed by atoms with Crippen LogP contribution in [-0.4, -0.2) is 4.98 Å². The van der Waals surface area contributed by atoms with Crippen molar-refractivity contribution in [1.82, 2.24) is 4.98 Å². The monoisotopic (exact) mass is 442 g/mol. The van der Waals surface area contributed by atoms with Crippen molar-refractivity contribution >= 4 is 22.9 Å². The fourth-order valence-electron chi connectivity index (χ4n) is 3.91. The van der Waals surface area contributed by atoms with Gasteiger partial charge in [-0.1, -0.05) is 95.0 Å². The molecule has 1 N–H and O–H groups in total. The summed E-state index contributed by atoms with van der Waals surface area (Å²) in [5, 5.41) is 12.1. The first-order valence-electron chi connectivity index (χ1n) is 12.6. The molecule has 0 aliphatic heterocycles. The Kier molecular flexibility index (Phi) is 11.2. The number of pyridine rings is 1. The van der Waals surface area contributed by atoms with E-state index in [1.165, 1.54) is 69.8 Å². The quantitative estimate of drug-likeness (QED) is 0.188. The fraction of sp³-hybridized carbons (Fsp3) is 0.414. The minimum Gasteiger partial charge on any atom is -0.354 e. The lowest BCUT2D eigenvalue weighted by atomic mass is 10.0. The summed E-state index contributed by atoms with van der Waals surface area (Å²) in [6.45, 7) is 2.28. The fourth-order valence-corrected chi connectivity index (χ4v) is 3.91. The minimum atomic E-state index is 0.601. The third-order valence-corrected chi connectivity index (χ3v) is 5.87. The van der Waals surface area contributed by atoms with E-state index in [0.717, 1.165) is 23.5 Å². The van der Waals surface area contributed by atoms with Crippen LogP contribution in [0.2, 0.25) is 0 Å². The van der Waals surface area contributed by atoms with E-state index in [1.807, 2.05) is 42.5 Å². The van der Waals surface area contributed by atoms with Crippen molar-refractivity contribution in [2.24, 2.45) is 10.2 Å². The van der Waals surface area contributed by atoms with Crippen molar-refractivity contribution in [3.05, 3.63) is 78.5 Å². The van der Waals surface area contributed by atoms with Crippen LogP contribution in [0.5, 0.6) is 0 Å². The van der Waals surface area contributed by atoms with Crippen molar-refractivity contribution in [2.75, 3.05) is 5.32 Å². The largest absolute Gasteiger partial charge is 0.354 e. The molecule has 33 heavy (non-hydrogen) atoms. The number of benzene rings is 2. The Morgan fingerprint density at radius 3 is 2.03 bits per heavy atom. The van der Waals surface area contributed by atoms with Crippen LogP contribution in [0.25, 0.3) is 0 Å². The van der Waals surface area contributed by atoms with Gasteiger partial charge in [-0.3, -0.25) is 0 Å². The topological polar surface area (TPSA) is 49.6 Å². The highest BCUT2D eigenvalue weighted by Crippen LogP contribution is 2.29. The second kappa shape index (κ2) is 14.9. The predicted molar refractivity (Wildman–Crippen MR) is 140 cm³/mol. The van der Waals surface area contributed by atoms with E-state index in [0.29, 0.717) is 5.82 Å². The molecule has 0 saturated carbocycles. The average Bonchev–Trinajstić information content (AvgIpc) is 2.86. The van der Waals surface area contributed by atoms with Crippen molar-refractivity contribution in [1.29, 1.82) is 0 Å². The zero-order valence-corrected chi connectivity index (χ0v) is 20.0. The molecule has 0 radical (unpaired) electrons. The maximum Gasteiger partial charge on any atom is 0.174 e. The summed E-state index contributed by atoms with van der Waals surface area (Å²) in [5.41, 5.74) is 4.18. The van der Waals surface area contributed by atoms with Crippen LogP contribution in [0.4, 0.5) is 22.9 Å². The maximum absolute atomic E-state index is 4.38. The molecule has 0 unspecified atom stereocenters. The van der Waals surface area contributed by atoms with Gasteiger partial charge >= 0.3 is 0 Å². The molecule has 0 aliphatic rings.